The van der Waals surface area contributed by atoms with Gasteiger partial charge in [-0.05, 0) is 6.85 Å². The number of amides is 1. The predicted molar refractivity (Wildman–Crippen MR) is 47.1 cm³/mol. The van der Waals surface area contributed by atoms with Gasteiger partial charge in [0, 0.05) is 10.3 Å². The van der Waals surface area contributed by atoms with Crippen LogP contribution >= 0.6 is 0 Å². The highest BCUT2D eigenvalue weighted by Crippen LogP contribution is 2.12. The summed E-state index contributed by atoms with van der Waals surface area (Å²) in [6.07, 6.45) is 2.51. The first-order valence-corrected chi connectivity index (χ1v) is 3.54. The topological polar surface area (TPSA) is 84.7 Å². The third kappa shape index (κ3) is 1.14. The van der Waals surface area contributed by atoms with Crippen LogP contribution in [-0.4, -0.2) is 20.9 Å². The predicted octanol–water partition coefficient (Wildman–Crippen LogP) is 0.365. The number of H-pyrrole nitrogens is 1. The van der Waals surface area contributed by atoms with Crippen molar-refractivity contribution in [1.29, 1.82) is 0 Å². The Labute approximate surface area is 78.2 Å². The number of nitrogens with zero attached hydrogens (tertiary/aromatic N) is 2. The highest BCUT2D eigenvalue weighted by atomic mass is 16.1. The summed E-state index contributed by atoms with van der Waals surface area (Å²) in [5.74, 6) is -0.678. The number of fused-ring (bicyclic) bond motifs is 1. The van der Waals surface area contributed by atoms with E-state index in [2.05, 4.69) is 15.0 Å². The maximum Gasteiger partial charge on any atom is 0.252 e. The standard InChI is InChI=1S/C8H8N4O/c1-4-2-10-8-6(12-4)5(3-11-8)7(9)13/h2-3H,1H3,(H2,9,13)(H,10,11)/i1D3. The third-order valence-electron chi connectivity index (χ3n) is 1.65. The molecule has 2 aromatic heterocycles. The van der Waals surface area contributed by atoms with Crippen LogP contribution in [0.4, 0.5) is 0 Å². The largest absolute Gasteiger partial charge is 0.365 e. The van der Waals surface area contributed by atoms with Crippen LogP contribution in [0.15, 0.2) is 12.4 Å². The summed E-state index contributed by atoms with van der Waals surface area (Å²) in [7, 11) is 0. The van der Waals surface area contributed by atoms with E-state index in [1.165, 1.54) is 6.20 Å². The Morgan fingerprint density at radius 3 is 3.31 bits per heavy atom. The Hall–Kier alpha value is -1.91. The van der Waals surface area contributed by atoms with Gasteiger partial charge in [0.25, 0.3) is 5.91 Å². The summed E-state index contributed by atoms with van der Waals surface area (Å²) >= 11 is 0. The van der Waals surface area contributed by atoms with E-state index in [0.29, 0.717) is 5.65 Å². The van der Waals surface area contributed by atoms with E-state index in [1.54, 1.807) is 0 Å². The lowest BCUT2D eigenvalue weighted by Crippen LogP contribution is -2.10. The number of carbonyl (C=O) groups is 1. The fourth-order valence-corrected chi connectivity index (χ4v) is 1.08. The summed E-state index contributed by atoms with van der Waals surface area (Å²) in [6, 6.07) is 0. The van der Waals surface area contributed by atoms with E-state index in [4.69, 9.17) is 9.85 Å². The zero-order valence-corrected chi connectivity index (χ0v) is 6.53. The van der Waals surface area contributed by atoms with E-state index >= 15 is 0 Å². The quantitative estimate of drug-likeness (QED) is 0.663. The summed E-state index contributed by atoms with van der Waals surface area (Å²) in [5.41, 5.74) is 5.60. The minimum atomic E-state index is -2.35. The Bertz CT molecular complexity index is 560. The van der Waals surface area contributed by atoms with E-state index in [9.17, 15) is 4.79 Å². The number of aromatic nitrogens is 3. The smallest absolute Gasteiger partial charge is 0.252 e. The number of nitrogens with one attached hydrogen (secondary N) is 1. The van der Waals surface area contributed by atoms with Crippen LogP contribution in [0, 0.1) is 6.85 Å². The zero-order valence-electron chi connectivity index (χ0n) is 9.53. The highest BCUT2D eigenvalue weighted by Gasteiger charge is 2.10. The molecule has 3 N–H and O–H groups in total. The molecule has 0 saturated carbocycles. The second-order valence-electron chi connectivity index (χ2n) is 2.52. The van der Waals surface area contributed by atoms with Crippen molar-refractivity contribution in [3.63, 3.8) is 0 Å². The van der Waals surface area contributed by atoms with E-state index in [0.717, 1.165) is 6.20 Å². The number of aromatic amines is 1. The van der Waals surface area contributed by atoms with Crippen molar-refractivity contribution in [2.45, 2.75) is 6.85 Å². The SMILES string of the molecule is [2H]C([2H])([2H])c1cnc2[nH]cc(C(N)=O)c2n1. The van der Waals surface area contributed by atoms with Crippen LogP contribution in [0.1, 0.15) is 20.2 Å². The third-order valence-corrected chi connectivity index (χ3v) is 1.65. The van der Waals surface area contributed by atoms with Gasteiger partial charge in [-0.25, -0.2) is 9.97 Å². The van der Waals surface area contributed by atoms with Gasteiger partial charge < -0.3 is 10.7 Å². The van der Waals surface area contributed by atoms with Gasteiger partial charge in [0.15, 0.2) is 5.65 Å². The number of hydrogen-bond acceptors (Lipinski definition) is 3. The molecule has 2 rings (SSSR count). The van der Waals surface area contributed by atoms with Crippen molar-refractivity contribution in [3.8, 4) is 0 Å². The average Bonchev–Trinajstić information content (AvgIpc) is 2.58. The Morgan fingerprint density at radius 2 is 2.62 bits per heavy atom. The molecule has 0 aromatic carbocycles. The number of carbonyl (C=O) groups excluding carboxylic acids is 1. The van der Waals surface area contributed by atoms with Crippen molar-refractivity contribution < 1.29 is 8.91 Å². The number of hydrogen-bond donors (Lipinski definition) is 2. The van der Waals surface area contributed by atoms with Gasteiger partial charge in [-0.15, -0.1) is 0 Å². The number of nitrogens with two attached hydrogens (primary N) is 1. The molecule has 0 bridgehead atoms. The minimum Gasteiger partial charge on any atom is -0.365 e. The molecule has 0 fully saturated rings. The van der Waals surface area contributed by atoms with Crippen LogP contribution in [0.2, 0.25) is 0 Å². The van der Waals surface area contributed by atoms with Crippen molar-refractivity contribution >= 4 is 17.1 Å². The lowest BCUT2D eigenvalue weighted by molar-refractivity contribution is 0.100. The normalized spacial score (nSPS) is 14.9. The van der Waals surface area contributed by atoms with Crippen molar-refractivity contribution in [2.75, 3.05) is 0 Å². The molecule has 0 aliphatic rings. The van der Waals surface area contributed by atoms with Crippen molar-refractivity contribution in [2.24, 2.45) is 5.73 Å². The fourth-order valence-electron chi connectivity index (χ4n) is 1.08. The molecule has 2 heterocycles. The number of aryl methyl sites for hydroxylation is 1. The maximum absolute atomic E-state index is 11.0. The second-order valence-corrected chi connectivity index (χ2v) is 2.52. The minimum absolute atomic E-state index is 0.133. The molecular formula is C8H8N4O. The Balaban J connectivity index is 2.68. The molecule has 0 aliphatic heterocycles. The van der Waals surface area contributed by atoms with Crippen LogP contribution in [0.25, 0.3) is 11.2 Å². The summed E-state index contributed by atoms with van der Waals surface area (Å²) in [5, 5.41) is 0. The first-order chi connectivity index (χ1) is 7.39. The lowest BCUT2D eigenvalue weighted by atomic mass is 10.3. The molecule has 0 unspecified atom stereocenters. The summed E-state index contributed by atoms with van der Waals surface area (Å²) in [4.78, 5) is 21.5. The van der Waals surface area contributed by atoms with Crippen LogP contribution in [-0.2, 0) is 0 Å². The van der Waals surface area contributed by atoms with E-state index in [1.807, 2.05) is 0 Å². The first kappa shape index (κ1) is 4.96. The van der Waals surface area contributed by atoms with Crippen LogP contribution < -0.4 is 5.73 Å². The molecule has 13 heavy (non-hydrogen) atoms. The monoisotopic (exact) mass is 179 g/mol. The fraction of sp³-hybridized carbons (Fsp3) is 0.125. The molecule has 5 heteroatoms. The maximum atomic E-state index is 11.0. The zero-order chi connectivity index (χ0) is 11.9. The van der Waals surface area contributed by atoms with Crippen molar-refractivity contribution in [1.82, 2.24) is 15.0 Å². The molecule has 0 aliphatic carbocycles. The van der Waals surface area contributed by atoms with Gasteiger partial charge in [-0.3, -0.25) is 4.79 Å². The van der Waals surface area contributed by atoms with Gasteiger partial charge in [0.2, 0.25) is 0 Å². The molecule has 0 saturated heterocycles. The van der Waals surface area contributed by atoms with Gasteiger partial charge in [-0.2, -0.15) is 0 Å². The lowest BCUT2D eigenvalue weighted by Gasteiger charge is -1.93. The molecule has 2 aromatic rings. The molecule has 66 valence electrons. The molecule has 1 amide bonds. The average molecular weight is 179 g/mol. The molecule has 0 spiro atoms. The van der Waals surface area contributed by atoms with Gasteiger partial charge in [-0.1, -0.05) is 0 Å². The Kier molecular flexibility index (Phi) is 0.972. The molecular weight excluding hydrogens is 168 g/mol. The van der Waals surface area contributed by atoms with Crippen molar-refractivity contribution in [3.05, 3.63) is 23.7 Å². The summed E-state index contributed by atoms with van der Waals surface area (Å²) in [6.45, 7) is -2.35. The summed E-state index contributed by atoms with van der Waals surface area (Å²) < 4.78 is 21.6. The van der Waals surface area contributed by atoms with E-state index in [-0.39, 0.29) is 16.8 Å². The molecule has 5 nitrogen and oxygen atoms in total. The number of primary amides is 1. The van der Waals surface area contributed by atoms with Crippen LogP contribution in [0.5, 0.6) is 0 Å². The second kappa shape index (κ2) is 2.55. The van der Waals surface area contributed by atoms with Gasteiger partial charge >= 0.3 is 0 Å². The molecule has 0 radical (unpaired) electrons. The highest BCUT2D eigenvalue weighted by molar-refractivity contribution is 6.03. The van der Waals surface area contributed by atoms with Crippen LogP contribution in [0.3, 0.4) is 0 Å². The Morgan fingerprint density at radius 1 is 1.77 bits per heavy atom. The van der Waals surface area contributed by atoms with E-state index < -0.39 is 12.8 Å². The molecule has 0 atom stereocenters. The number of rotatable bonds is 1. The van der Waals surface area contributed by atoms with Gasteiger partial charge in [0.05, 0.1) is 17.5 Å². The first-order valence-electron chi connectivity index (χ1n) is 5.04. The van der Waals surface area contributed by atoms with Gasteiger partial charge in [0.1, 0.15) is 5.52 Å².